The van der Waals surface area contributed by atoms with Crippen LogP contribution in [0.5, 0.6) is 0 Å². The highest BCUT2D eigenvalue weighted by Gasteiger charge is 2.50. The number of nitrogens with zero attached hydrogens (tertiary/aromatic N) is 5. The number of rotatable bonds is 3. The van der Waals surface area contributed by atoms with Gasteiger partial charge in [-0.05, 0) is 45.0 Å². The van der Waals surface area contributed by atoms with Crippen molar-refractivity contribution < 1.29 is 18.3 Å². The first-order valence-corrected chi connectivity index (χ1v) is 10.00. The number of carbonyl (C=O) groups is 1. The first kappa shape index (κ1) is 21.2. The van der Waals surface area contributed by atoms with Crippen molar-refractivity contribution >= 4 is 29.2 Å². The number of ether oxygens (including phenoxy) is 1. The number of amides is 1. The number of hydrogen-bond acceptors (Lipinski definition) is 6. The van der Waals surface area contributed by atoms with Gasteiger partial charge in [0, 0.05) is 0 Å². The van der Waals surface area contributed by atoms with Crippen LogP contribution in [0.25, 0.3) is 17.0 Å². The quantitative estimate of drug-likeness (QED) is 0.646. The second-order valence-electron chi connectivity index (χ2n) is 8.30. The first-order valence-electron chi connectivity index (χ1n) is 9.62. The van der Waals surface area contributed by atoms with Crippen molar-refractivity contribution in [1.82, 2.24) is 24.5 Å². The van der Waals surface area contributed by atoms with Crippen molar-refractivity contribution in [2.24, 2.45) is 0 Å². The standard InChI is InChI=1S/C20H21ClF2N6O2/c1-19(2,3)31-18(30)28-10-14(20(22,23)11-28)26-16-6-4-5-12(25-16)13-9-24-17-8-7-15(21)27-29(13)17/h4-9,14H,10-11H2,1-3H3,(H,25,26). The Bertz CT molecular complexity index is 1130. The fourth-order valence-electron chi connectivity index (χ4n) is 3.26. The zero-order chi connectivity index (χ0) is 22.4. The number of aromatic nitrogens is 4. The second-order valence-corrected chi connectivity index (χ2v) is 8.68. The number of anilines is 1. The van der Waals surface area contributed by atoms with E-state index in [0.29, 0.717) is 17.0 Å². The van der Waals surface area contributed by atoms with Crippen LogP contribution in [0.3, 0.4) is 0 Å². The molecule has 4 rings (SSSR count). The molecule has 1 N–H and O–H groups in total. The van der Waals surface area contributed by atoms with Crippen LogP contribution in [-0.4, -0.2) is 61.2 Å². The monoisotopic (exact) mass is 450 g/mol. The van der Waals surface area contributed by atoms with Crippen LogP contribution < -0.4 is 5.32 Å². The number of nitrogens with one attached hydrogen (secondary N) is 1. The van der Waals surface area contributed by atoms with Crippen LogP contribution in [0.2, 0.25) is 5.15 Å². The SMILES string of the molecule is CC(C)(C)OC(=O)N1CC(Nc2cccc(-c3cnc4ccc(Cl)nn34)n2)C(F)(F)C1. The van der Waals surface area contributed by atoms with Gasteiger partial charge in [-0.3, -0.25) is 4.90 Å². The normalized spacial score (nSPS) is 18.4. The summed E-state index contributed by atoms with van der Waals surface area (Å²) in [5.74, 6) is -2.90. The van der Waals surface area contributed by atoms with Crippen LogP contribution in [0.4, 0.5) is 19.4 Å². The number of hydrogen-bond donors (Lipinski definition) is 1. The number of alkyl halides is 2. The summed E-state index contributed by atoms with van der Waals surface area (Å²) in [6, 6.07) is 7.02. The van der Waals surface area contributed by atoms with E-state index in [-0.39, 0.29) is 17.5 Å². The van der Waals surface area contributed by atoms with E-state index in [1.807, 2.05) is 0 Å². The van der Waals surface area contributed by atoms with Gasteiger partial charge in [-0.2, -0.15) is 5.10 Å². The Balaban J connectivity index is 1.55. The molecule has 1 fully saturated rings. The summed E-state index contributed by atoms with van der Waals surface area (Å²) < 4.78 is 35.9. The number of fused-ring (bicyclic) bond motifs is 1. The summed E-state index contributed by atoms with van der Waals surface area (Å²) in [5.41, 5.74) is 0.862. The fraction of sp³-hybridized carbons (Fsp3) is 0.400. The lowest BCUT2D eigenvalue weighted by atomic mass is 10.2. The molecule has 0 saturated carbocycles. The average Bonchev–Trinajstić information content (AvgIpc) is 3.21. The lowest BCUT2D eigenvalue weighted by molar-refractivity contribution is -0.00640. The van der Waals surface area contributed by atoms with Crippen molar-refractivity contribution in [3.63, 3.8) is 0 Å². The van der Waals surface area contributed by atoms with Crippen molar-refractivity contribution in [2.75, 3.05) is 18.4 Å². The average molecular weight is 451 g/mol. The molecule has 0 aliphatic carbocycles. The van der Waals surface area contributed by atoms with E-state index in [1.54, 1.807) is 57.3 Å². The van der Waals surface area contributed by atoms with Crippen molar-refractivity contribution in [3.05, 3.63) is 41.7 Å². The zero-order valence-electron chi connectivity index (χ0n) is 17.1. The topological polar surface area (TPSA) is 84.6 Å². The summed E-state index contributed by atoms with van der Waals surface area (Å²) in [4.78, 5) is 21.9. The number of likely N-dealkylation sites (tertiary alicyclic amines) is 1. The molecule has 1 saturated heterocycles. The molecule has 1 amide bonds. The molecule has 31 heavy (non-hydrogen) atoms. The van der Waals surface area contributed by atoms with E-state index < -0.39 is 30.2 Å². The molecule has 8 nitrogen and oxygen atoms in total. The van der Waals surface area contributed by atoms with Crippen LogP contribution in [0, 0.1) is 0 Å². The minimum atomic E-state index is -3.15. The van der Waals surface area contributed by atoms with Gasteiger partial charge in [0.2, 0.25) is 0 Å². The lowest BCUT2D eigenvalue weighted by Crippen LogP contribution is -2.38. The van der Waals surface area contributed by atoms with Crippen LogP contribution >= 0.6 is 11.6 Å². The number of pyridine rings is 1. The third-order valence-corrected chi connectivity index (χ3v) is 4.83. The highest BCUT2D eigenvalue weighted by atomic mass is 35.5. The molecule has 3 aromatic rings. The summed E-state index contributed by atoms with van der Waals surface area (Å²) in [6.45, 7) is 4.13. The molecule has 0 bridgehead atoms. The molecular formula is C20H21ClF2N6O2. The van der Waals surface area contributed by atoms with Crippen LogP contribution in [0.1, 0.15) is 20.8 Å². The second kappa shape index (κ2) is 7.60. The van der Waals surface area contributed by atoms with Crippen LogP contribution in [0.15, 0.2) is 36.5 Å². The molecule has 1 unspecified atom stereocenters. The summed E-state index contributed by atoms with van der Waals surface area (Å²) in [6.07, 6.45) is 0.811. The van der Waals surface area contributed by atoms with Gasteiger partial charge in [0.05, 0.1) is 25.0 Å². The molecule has 0 spiro atoms. The number of carbonyl (C=O) groups excluding carboxylic acids is 1. The minimum Gasteiger partial charge on any atom is -0.444 e. The highest BCUT2D eigenvalue weighted by molar-refractivity contribution is 6.29. The highest BCUT2D eigenvalue weighted by Crippen LogP contribution is 2.31. The van der Waals surface area contributed by atoms with Gasteiger partial charge < -0.3 is 10.1 Å². The van der Waals surface area contributed by atoms with Gasteiger partial charge >= 0.3 is 6.09 Å². The summed E-state index contributed by atoms with van der Waals surface area (Å²) >= 11 is 5.97. The molecule has 1 aliphatic rings. The fourth-order valence-corrected chi connectivity index (χ4v) is 3.40. The predicted octanol–water partition coefficient (Wildman–Crippen LogP) is 4.11. The van der Waals surface area contributed by atoms with E-state index in [0.717, 1.165) is 4.90 Å². The van der Waals surface area contributed by atoms with Gasteiger partial charge in [0.1, 0.15) is 28.3 Å². The number of halogens is 3. The molecule has 0 radical (unpaired) electrons. The third-order valence-electron chi connectivity index (χ3n) is 4.63. The molecule has 4 heterocycles. The Labute approximate surface area is 182 Å². The molecule has 0 aromatic carbocycles. The summed E-state index contributed by atoms with van der Waals surface area (Å²) in [7, 11) is 0. The number of imidazole rings is 1. The van der Waals surface area contributed by atoms with Gasteiger partial charge in [-0.15, -0.1) is 0 Å². The molecule has 164 valence electrons. The van der Waals surface area contributed by atoms with Crippen molar-refractivity contribution in [3.8, 4) is 11.4 Å². The van der Waals surface area contributed by atoms with Gasteiger partial charge in [0.15, 0.2) is 5.65 Å². The third kappa shape index (κ3) is 4.53. The Morgan fingerprint density at radius 3 is 2.81 bits per heavy atom. The Hall–Kier alpha value is -3.01. The zero-order valence-corrected chi connectivity index (χ0v) is 17.9. The minimum absolute atomic E-state index is 0.208. The maximum Gasteiger partial charge on any atom is 0.410 e. The lowest BCUT2D eigenvalue weighted by Gasteiger charge is -2.24. The summed E-state index contributed by atoms with van der Waals surface area (Å²) in [5, 5.41) is 7.25. The first-order chi connectivity index (χ1) is 14.5. The predicted molar refractivity (Wildman–Crippen MR) is 111 cm³/mol. The van der Waals surface area contributed by atoms with Crippen LogP contribution in [-0.2, 0) is 4.74 Å². The molecule has 1 aliphatic heterocycles. The smallest absolute Gasteiger partial charge is 0.410 e. The molecule has 11 heteroatoms. The van der Waals surface area contributed by atoms with E-state index in [4.69, 9.17) is 16.3 Å². The van der Waals surface area contributed by atoms with Gasteiger partial charge in [-0.1, -0.05) is 17.7 Å². The van der Waals surface area contributed by atoms with Crippen molar-refractivity contribution in [1.29, 1.82) is 0 Å². The largest absolute Gasteiger partial charge is 0.444 e. The maximum atomic E-state index is 14.6. The Morgan fingerprint density at radius 1 is 1.29 bits per heavy atom. The Kier molecular flexibility index (Phi) is 5.20. The van der Waals surface area contributed by atoms with E-state index in [1.165, 1.54) is 4.52 Å². The van der Waals surface area contributed by atoms with Crippen molar-refractivity contribution in [2.45, 2.75) is 38.3 Å². The van der Waals surface area contributed by atoms with Gasteiger partial charge in [-0.25, -0.2) is 28.1 Å². The Morgan fingerprint density at radius 2 is 2.06 bits per heavy atom. The van der Waals surface area contributed by atoms with E-state index in [9.17, 15) is 13.6 Å². The van der Waals surface area contributed by atoms with E-state index >= 15 is 0 Å². The van der Waals surface area contributed by atoms with Gasteiger partial charge in [0.25, 0.3) is 5.92 Å². The molecule has 3 aromatic heterocycles. The molecule has 1 atom stereocenters. The molecular weight excluding hydrogens is 430 g/mol. The maximum absolute atomic E-state index is 14.6. The van der Waals surface area contributed by atoms with E-state index in [2.05, 4.69) is 20.4 Å².